The smallest absolute Gasteiger partial charge is 0.430 e. The maximum Gasteiger partial charge on any atom is 0.430 e. The summed E-state index contributed by atoms with van der Waals surface area (Å²) in [6.07, 6.45) is -0.231. The molecule has 0 saturated carbocycles. The number of anilines is 1. The second kappa shape index (κ2) is 8.15. The van der Waals surface area contributed by atoms with Gasteiger partial charge < -0.3 is 14.8 Å². The first-order valence-corrected chi connectivity index (χ1v) is 8.13. The zero-order chi connectivity index (χ0) is 18.4. The molecule has 25 heavy (non-hydrogen) atoms. The van der Waals surface area contributed by atoms with Crippen molar-refractivity contribution in [1.82, 2.24) is 0 Å². The number of carbonyl (C=O) groups excluding carboxylic acids is 1. The zero-order valence-corrected chi connectivity index (χ0v) is 14.8. The number of ether oxygens (including phenoxy) is 2. The van der Waals surface area contributed by atoms with Gasteiger partial charge in [0.2, 0.25) is 11.1 Å². The Morgan fingerprint density at radius 3 is 2.16 bits per heavy atom. The van der Waals surface area contributed by atoms with Gasteiger partial charge in [-0.2, -0.15) is 0 Å². The number of amides is 1. The van der Waals surface area contributed by atoms with Crippen molar-refractivity contribution in [2.45, 2.75) is 39.9 Å². The van der Waals surface area contributed by atoms with Crippen LogP contribution in [0.4, 0.5) is 11.4 Å². The number of hydrogen-bond donors (Lipinski definition) is 1. The third kappa shape index (κ3) is 4.95. The third-order valence-corrected chi connectivity index (χ3v) is 3.18. The molecule has 0 unspecified atom stereocenters. The van der Waals surface area contributed by atoms with Crippen LogP contribution in [0.15, 0.2) is 42.5 Å². The molecule has 1 amide bonds. The Labute approximate surface area is 147 Å². The van der Waals surface area contributed by atoms with Crippen LogP contribution in [-0.4, -0.2) is 18.1 Å². The fourth-order valence-electron chi connectivity index (χ4n) is 2.21. The highest BCUT2D eigenvalue weighted by Crippen LogP contribution is 2.39. The van der Waals surface area contributed by atoms with Crippen molar-refractivity contribution in [1.29, 1.82) is 5.39 Å². The summed E-state index contributed by atoms with van der Waals surface area (Å²) < 4.78 is 11.4. The molecule has 130 valence electrons. The van der Waals surface area contributed by atoms with E-state index in [2.05, 4.69) is 10.3 Å². The van der Waals surface area contributed by atoms with Gasteiger partial charge in [0.25, 0.3) is 5.91 Å². The lowest BCUT2D eigenvalue weighted by atomic mass is 10.2. The fourth-order valence-corrected chi connectivity index (χ4v) is 2.21. The van der Waals surface area contributed by atoms with E-state index in [1.54, 1.807) is 36.4 Å². The first kappa shape index (κ1) is 18.3. The van der Waals surface area contributed by atoms with Crippen molar-refractivity contribution in [3.05, 3.63) is 53.0 Å². The van der Waals surface area contributed by atoms with Gasteiger partial charge in [-0.1, -0.05) is 18.2 Å². The molecule has 2 rings (SSSR count). The molecule has 0 aliphatic rings. The average molecular weight is 340 g/mol. The van der Waals surface area contributed by atoms with E-state index < -0.39 is 0 Å². The summed E-state index contributed by atoms with van der Waals surface area (Å²) in [7, 11) is 0. The molecule has 2 aromatic carbocycles. The predicted molar refractivity (Wildman–Crippen MR) is 97.1 cm³/mol. The minimum Gasteiger partial charge on any atom is -0.489 e. The maximum atomic E-state index is 12.5. The molecule has 0 atom stereocenters. The highest BCUT2D eigenvalue weighted by atomic mass is 16.5. The standard InChI is InChI=1S/C19H21N3O3/c1-12(2)24-17-11-16(22-20)18(25-13(3)4)10-15(17)21-19(23)14-8-6-5-7-9-14/h5-13H,1-4H3/p+1. The minimum absolute atomic E-state index is 0.115. The predicted octanol–water partition coefficient (Wildman–Crippen LogP) is 5.00. The number of diazo groups is 1. The van der Waals surface area contributed by atoms with Crippen LogP contribution >= 0.6 is 0 Å². The molecular weight excluding hydrogens is 318 g/mol. The van der Waals surface area contributed by atoms with E-state index in [4.69, 9.17) is 9.47 Å². The van der Waals surface area contributed by atoms with Gasteiger partial charge >= 0.3 is 5.69 Å². The first-order chi connectivity index (χ1) is 11.9. The number of carbonyl (C=O) groups is 1. The van der Waals surface area contributed by atoms with Gasteiger partial charge in [-0.05, 0) is 39.8 Å². The summed E-state index contributed by atoms with van der Waals surface area (Å²) in [5.41, 5.74) is 1.22. The van der Waals surface area contributed by atoms with Crippen LogP contribution in [0.3, 0.4) is 0 Å². The lowest BCUT2D eigenvalue weighted by Gasteiger charge is -2.16. The molecule has 6 nitrogen and oxygen atoms in total. The maximum absolute atomic E-state index is 12.5. The van der Waals surface area contributed by atoms with Gasteiger partial charge in [0.1, 0.15) is 0 Å². The van der Waals surface area contributed by atoms with E-state index in [-0.39, 0.29) is 23.8 Å². The molecule has 2 aromatic rings. The van der Waals surface area contributed by atoms with Gasteiger partial charge in [-0.15, -0.1) is 0 Å². The normalized spacial score (nSPS) is 10.4. The van der Waals surface area contributed by atoms with Crippen LogP contribution in [0, 0.1) is 5.39 Å². The highest BCUT2D eigenvalue weighted by Gasteiger charge is 2.23. The van der Waals surface area contributed by atoms with Crippen LogP contribution in [0.5, 0.6) is 11.5 Å². The van der Waals surface area contributed by atoms with Crippen molar-refractivity contribution in [3.63, 3.8) is 0 Å². The molecule has 0 radical (unpaired) electrons. The number of benzene rings is 2. The lowest BCUT2D eigenvalue weighted by Crippen LogP contribution is -2.15. The first-order valence-electron chi connectivity index (χ1n) is 8.13. The van der Waals surface area contributed by atoms with Gasteiger partial charge in [0, 0.05) is 11.6 Å². The molecule has 0 saturated heterocycles. The summed E-state index contributed by atoms with van der Waals surface area (Å²) in [4.78, 5) is 15.7. The molecule has 0 aliphatic heterocycles. The Kier molecular flexibility index (Phi) is 5.96. The molecule has 0 spiro atoms. The Bertz CT molecular complexity index is 780. The summed E-state index contributed by atoms with van der Waals surface area (Å²) in [5.74, 6) is 0.499. The van der Waals surface area contributed by atoms with Crippen molar-refractivity contribution < 1.29 is 14.3 Å². The quantitative estimate of drug-likeness (QED) is 0.751. The van der Waals surface area contributed by atoms with Gasteiger partial charge in [0.15, 0.2) is 10.7 Å². The van der Waals surface area contributed by atoms with Crippen LogP contribution in [0.25, 0.3) is 4.98 Å². The van der Waals surface area contributed by atoms with E-state index in [0.29, 0.717) is 22.7 Å². The highest BCUT2D eigenvalue weighted by molar-refractivity contribution is 6.05. The Morgan fingerprint density at radius 2 is 1.60 bits per heavy atom. The Balaban J connectivity index is 2.42. The van der Waals surface area contributed by atoms with E-state index in [1.165, 1.54) is 0 Å². The second-order valence-corrected chi connectivity index (χ2v) is 6.07. The summed E-state index contributed by atoms with van der Waals surface area (Å²) in [6, 6.07) is 12.0. The summed E-state index contributed by atoms with van der Waals surface area (Å²) in [6.45, 7) is 7.47. The Hall–Kier alpha value is -3.07. The largest absolute Gasteiger partial charge is 0.489 e. The average Bonchev–Trinajstić information content (AvgIpc) is 2.56. The summed E-state index contributed by atoms with van der Waals surface area (Å²) in [5, 5.41) is 12.1. The minimum atomic E-state index is -0.265. The Morgan fingerprint density at radius 1 is 1.00 bits per heavy atom. The summed E-state index contributed by atoms with van der Waals surface area (Å²) >= 11 is 0. The molecule has 0 bridgehead atoms. The molecular formula is C19H22N3O3+. The number of nitrogens with one attached hydrogen (secondary N) is 1. The zero-order valence-electron chi connectivity index (χ0n) is 14.8. The van der Waals surface area contributed by atoms with Gasteiger partial charge in [-0.25, -0.2) is 0 Å². The molecule has 0 aromatic heterocycles. The van der Waals surface area contributed by atoms with E-state index in [0.717, 1.165) is 0 Å². The molecule has 0 heterocycles. The fraction of sp³-hybridized carbons (Fsp3) is 0.316. The molecule has 1 N–H and O–H groups in total. The third-order valence-electron chi connectivity index (χ3n) is 3.18. The van der Waals surface area contributed by atoms with Gasteiger partial charge in [-0.3, -0.25) is 4.79 Å². The van der Waals surface area contributed by atoms with Crippen LogP contribution in [0.2, 0.25) is 0 Å². The SMILES string of the molecule is CC(C)Oc1cc(NC(=O)c2ccccc2)c(OC(C)C)cc1[N+]#N. The number of nitrogens with zero attached hydrogens (tertiary/aromatic N) is 2. The van der Waals surface area contributed by atoms with Crippen molar-refractivity contribution in [2.75, 3.05) is 5.32 Å². The topological polar surface area (TPSA) is 75.7 Å². The molecule has 0 fully saturated rings. The van der Waals surface area contributed by atoms with E-state index >= 15 is 0 Å². The van der Waals surface area contributed by atoms with Crippen LogP contribution in [-0.2, 0) is 0 Å². The van der Waals surface area contributed by atoms with Crippen LogP contribution < -0.4 is 14.8 Å². The lowest BCUT2D eigenvalue weighted by molar-refractivity contribution is 0.102. The second-order valence-electron chi connectivity index (χ2n) is 6.07. The van der Waals surface area contributed by atoms with Crippen molar-refractivity contribution in [2.24, 2.45) is 0 Å². The van der Waals surface area contributed by atoms with Crippen LogP contribution in [0.1, 0.15) is 38.1 Å². The van der Waals surface area contributed by atoms with E-state index in [9.17, 15) is 10.2 Å². The van der Waals surface area contributed by atoms with Gasteiger partial charge in [0.05, 0.1) is 24.0 Å². The van der Waals surface area contributed by atoms with Crippen molar-refractivity contribution >= 4 is 17.3 Å². The number of hydrogen-bond acceptors (Lipinski definition) is 4. The van der Waals surface area contributed by atoms with E-state index in [1.807, 2.05) is 33.8 Å². The molecule has 6 heteroatoms. The van der Waals surface area contributed by atoms with Crippen molar-refractivity contribution in [3.8, 4) is 11.5 Å². The molecule has 0 aliphatic carbocycles. The monoisotopic (exact) mass is 340 g/mol. The number of rotatable bonds is 6.